The van der Waals surface area contributed by atoms with Gasteiger partial charge in [-0.25, -0.2) is 0 Å². The molecule has 0 atom stereocenters. The van der Waals surface area contributed by atoms with Gasteiger partial charge in [-0.1, -0.05) is 0 Å². The van der Waals surface area contributed by atoms with Crippen molar-refractivity contribution in [3.8, 4) is 5.75 Å². The lowest BCUT2D eigenvalue weighted by atomic mass is 10.2. The molecule has 0 fully saturated rings. The Bertz CT molecular complexity index is 1140. The number of H-pyrrole nitrogens is 2. The van der Waals surface area contributed by atoms with Gasteiger partial charge in [0, 0.05) is 11.3 Å². The first kappa shape index (κ1) is 18.3. The lowest BCUT2D eigenvalue weighted by Crippen LogP contribution is -2.25. The fourth-order valence-electron chi connectivity index (χ4n) is 2.55. The normalized spacial score (nSPS) is 11.6. The van der Waals surface area contributed by atoms with Crippen molar-refractivity contribution in [3.05, 3.63) is 61.8 Å². The zero-order chi connectivity index (χ0) is 19.9. The van der Waals surface area contributed by atoms with E-state index in [0.29, 0.717) is 10.3 Å². The first-order valence-electron chi connectivity index (χ1n) is 7.53. The third-order valence-electron chi connectivity index (χ3n) is 3.90. The van der Waals surface area contributed by atoms with Crippen LogP contribution >= 0.6 is 0 Å². The molecule has 1 aromatic carbocycles. The van der Waals surface area contributed by atoms with Gasteiger partial charge in [0.2, 0.25) is 0 Å². The summed E-state index contributed by atoms with van der Waals surface area (Å²) in [5.74, 6) is -0.452. The molecule has 1 amide bonds. The van der Waals surface area contributed by atoms with Crippen LogP contribution in [0.2, 0.25) is 0 Å². The van der Waals surface area contributed by atoms with E-state index in [1.807, 2.05) is 4.98 Å². The average molecular weight is 382 g/mol. The van der Waals surface area contributed by atoms with Crippen molar-refractivity contribution in [3.63, 3.8) is 0 Å². The quantitative estimate of drug-likeness (QED) is 0.643. The standard InChI is InChI=1S/C16H13F3N4O4/c1-7-11(16(17,18)19)21-12-10(14(25)22-23(12)15(7)26)13(24)20-8-3-5-9(27-2)6-4-8/h3-6,21H,1-2H3,(H,20,24)(H,22,25). The molecule has 0 aliphatic heterocycles. The van der Waals surface area contributed by atoms with E-state index in [1.165, 1.54) is 19.2 Å². The number of anilines is 1. The number of alkyl halides is 3. The third-order valence-corrected chi connectivity index (χ3v) is 3.90. The van der Waals surface area contributed by atoms with E-state index < -0.39 is 45.7 Å². The van der Waals surface area contributed by atoms with Crippen LogP contribution in [0.1, 0.15) is 21.6 Å². The maximum atomic E-state index is 13.1. The number of aromatic amines is 2. The van der Waals surface area contributed by atoms with E-state index in [2.05, 4.69) is 10.4 Å². The van der Waals surface area contributed by atoms with Crippen molar-refractivity contribution in [2.45, 2.75) is 13.1 Å². The first-order chi connectivity index (χ1) is 12.6. The predicted octanol–water partition coefficient (Wildman–Crippen LogP) is 1.90. The minimum Gasteiger partial charge on any atom is -0.497 e. The van der Waals surface area contributed by atoms with Crippen LogP contribution in [0.25, 0.3) is 5.65 Å². The molecule has 0 radical (unpaired) electrons. The summed E-state index contributed by atoms with van der Waals surface area (Å²) in [6.45, 7) is 0.969. The van der Waals surface area contributed by atoms with Gasteiger partial charge in [-0.15, -0.1) is 0 Å². The van der Waals surface area contributed by atoms with E-state index in [1.54, 1.807) is 12.1 Å². The number of halogens is 3. The second kappa shape index (κ2) is 6.34. The number of benzene rings is 1. The van der Waals surface area contributed by atoms with E-state index in [0.717, 1.165) is 6.92 Å². The van der Waals surface area contributed by atoms with Gasteiger partial charge in [0.25, 0.3) is 17.0 Å². The highest BCUT2D eigenvalue weighted by Crippen LogP contribution is 2.29. The van der Waals surface area contributed by atoms with Crippen molar-refractivity contribution in [1.82, 2.24) is 14.6 Å². The maximum Gasteiger partial charge on any atom is 0.431 e. The summed E-state index contributed by atoms with van der Waals surface area (Å²) >= 11 is 0. The van der Waals surface area contributed by atoms with Gasteiger partial charge in [0.05, 0.1) is 7.11 Å². The number of rotatable bonds is 3. The molecular formula is C16H13F3N4O4. The minimum absolute atomic E-state index is 0.282. The van der Waals surface area contributed by atoms with E-state index in [-0.39, 0.29) is 5.69 Å². The van der Waals surface area contributed by atoms with Crippen molar-refractivity contribution in [1.29, 1.82) is 0 Å². The van der Waals surface area contributed by atoms with Gasteiger partial charge in [-0.2, -0.15) is 17.7 Å². The van der Waals surface area contributed by atoms with Crippen molar-refractivity contribution in [2.75, 3.05) is 12.4 Å². The van der Waals surface area contributed by atoms with Crippen LogP contribution in [-0.2, 0) is 6.18 Å². The molecule has 0 bridgehead atoms. The lowest BCUT2D eigenvalue weighted by molar-refractivity contribution is -0.141. The number of nitrogens with one attached hydrogen (secondary N) is 3. The molecule has 142 valence electrons. The molecule has 3 N–H and O–H groups in total. The molecule has 2 aromatic heterocycles. The van der Waals surface area contributed by atoms with Gasteiger partial charge in [0.1, 0.15) is 17.0 Å². The van der Waals surface area contributed by atoms with Gasteiger partial charge in [-0.05, 0) is 31.2 Å². The van der Waals surface area contributed by atoms with Crippen molar-refractivity contribution < 1.29 is 22.7 Å². The SMILES string of the molecule is COc1ccc(NC(=O)c2c(=O)[nH]n3c(=O)c(C)c(C(F)(F)F)[nH]c23)cc1. The Morgan fingerprint density at radius 2 is 1.81 bits per heavy atom. The largest absolute Gasteiger partial charge is 0.497 e. The Hall–Kier alpha value is -3.50. The molecule has 0 aliphatic rings. The number of amides is 1. The summed E-state index contributed by atoms with van der Waals surface area (Å²) in [5, 5.41) is 4.46. The molecule has 3 aromatic rings. The molecule has 0 saturated heterocycles. The van der Waals surface area contributed by atoms with Crippen LogP contribution in [0.15, 0.2) is 33.9 Å². The molecule has 0 spiro atoms. The van der Waals surface area contributed by atoms with E-state index in [4.69, 9.17) is 4.74 Å². The smallest absolute Gasteiger partial charge is 0.431 e. The highest BCUT2D eigenvalue weighted by atomic mass is 19.4. The summed E-state index contributed by atoms with van der Waals surface area (Å²) in [6.07, 6.45) is -4.86. The summed E-state index contributed by atoms with van der Waals surface area (Å²) in [4.78, 5) is 38.7. The summed E-state index contributed by atoms with van der Waals surface area (Å²) in [5.41, 5.74) is -4.99. The Morgan fingerprint density at radius 3 is 2.37 bits per heavy atom. The van der Waals surface area contributed by atoms with Crippen molar-refractivity contribution >= 4 is 17.2 Å². The molecule has 8 nitrogen and oxygen atoms in total. The molecule has 11 heteroatoms. The Labute approximate surface area is 148 Å². The third kappa shape index (κ3) is 3.18. The monoisotopic (exact) mass is 382 g/mol. The number of carbonyl (C=O) groups is 1. The second-order valence-corrected chi connectivity index (χ2v) is 5.61. The second-order valence-electron chi connectivity index (χ2n) is 5.61. The number of fused-ring (bicyclic) bond motifs is 1. The van der Waals surface area contributed by atoms with Crippen LogP contribution in [0.4, 0.5) is 18.9 Å². The van der Waals surface area contributed by atoms with Gasteiger partial charge in [-0.3, -0.25) is 19.5 Å². The molecule has 27 heavy (non-hydrogen) atoms. The van der Waals surface area contributed by atoms with Gasteiger partial charge in [0.15, 0.2) is 5.65 Å². The fraction of sp³-hybridized carbons (Fsp3) is 0.188. The number of carbonyl (C=O) groups excluding carboxylic acids is 1. The van der Waals surface area contributed by atoms with Crippen LogP contribution in [0.3, 0.4) is 0 Å². The Balaban J connectivity index is 2.11. The van der Waals surface area contributed by atoms with Gasteiger partial charge < -0.3 is 15.0 Å². The molecule has 0 unspecified atom stereocenters. The minimum atomic E-state index is -4.86. The number of aromatic nitrogens is 3. The van der Waals surface area contributed by atoms with Crippen LogP contribution in [0.5, 0.6) is 5.75 Å². The number of hydrogen-bond acceptors (Lipinski definition) is 4. The highest BCUT2D eigenvalue weighted by Gasteiger charge is 2.36. The summed E-state index contributed by atoms with van der Waals surface area (Å²) in [7, 11) is 1.46. The zero-order valence-corrected chi connectivity index (χ0v) is 14.0. The first-order valence-corrected chi connectivity index (χ1v) is 7.53. The lowest BCUT2D eigenvalue weighted by Gasteiger charge is -2.11. The fourth-order valence-corrected chi connectivity index (χ4v) is 2.55. The number of ether oxygens (including phenoxy) is 1. The average Bonchev–Trinajstić information content (AvgIpc) is 2.94. The molecule has 3 rings (SSSR count). The molecule has 0 aliphatic carbocycles. The van der Waals surface area contributed by atoms with E-state index in [9.17, 15) is 27.6 Å². The number of hydrogen-bond donors (Lipinski definition) is 3. The number of methoxy groups -OCH3 is 1. The molecule has 2 heterocycles. The summed E-state index contributed by atoms with van der Waals surface area (Å²) in [6, 6.07) is 6.06. The predicted molar refractivity (Wildman–Crippen MR) is 89.3 cm³/mol. The molecular weight excluding hydrogens is 369 g/mol. The Kier molecular flexibility index (Phi) is 4.30. The maximum absolute atomic E-state index is 13.1. The van der Waals surface area contributed by atoms with Crippen LogP contribution in [0, 0.1) is 6.92 Å². The van der Waals surface area contributed by atoms with Gasteiger partial charge >= 0.3 is 6.18 Å². The van der Waals surface area contributed by atoms with Crippen LogP contribution in [-0.4, -0.2) is 27.6 Å². The topological polar surface area (TPSA) is 108 Å². The summed E-state index contributed by atoms with van der Waals surface area (Å²) < 4.78 is 45.0. The molecule has 0 saturated carbocycles. The van der Waals surface area contributed by atoms with E-state index >= 15 is 0 Å². The van der Waals surface area contributed by atoms with Crippen molar-refractivity contribution in [2.24, 2.45) is 0 Å². The Morgan fingerprint density at radius 1 is 1.19 bits per heavy atom. The highest BCUT2D eigenvalue weighted by molar-refractivity contribution is 6.08. The van der Waals surface area contributed by atoms with Crippen LogP contribution < -0.4 is 21.2 Å². The number of nitrogens with zero attached hydrogens (tertiary/aromatic N) is 1. The zero-order valence-electron chi connectivity index (χ0n) is 14.0.